The average molecular weight is 467 g/mol. The number of rotatable bonds is 4. The van der Waals surface area contributed by atoms with Gasteiger partial charge in [-0.15, -0.1) is 5.10 Å². The van der Waals surface area contributed by atoms with Crippen molar-refractivity contribution in [2.24, 2.45) is 0 Å². The first kappa shape index (κ1) is 21.5. The van der Waals surface area contributed by atoms with Crippen LogP contribution in [0.15, 0.2) is 66.9 Å². The van der Waals surface area contributed by atoms with E-state index in [-0.39, 0.29) is 30.1 Å². The zero-order chi connectivity index (χ0) is 23.8. The van der Waals surface area contributed by atoms with Crippen LogP contribution in [0.25, 0.3) is 16.7 Å². The van der Waals surface area contributed by atoms with Gasteiger partial charge in [-0.1, -0.05) is 73.0 Å². The van der Waals surface area contributed by atoms with Crippen molar-refractivity contribution in [2.45, 2.75) is 50.7 Å². The molecule has 2 aliphatic rings. The molecule has 1 aliphatic heterocycles. The Hall–Kier alpha value is -4.07. The Bertz CT molecular complexity index is 1390. The summed E-state index contributed by atoms with van der Waals surface area (Å²) in [5.41, 5.74) is 2.64. The Morgan fingerprint density at radius 1 is 1.00 bits per heavy atom. The zero-order valence-corrected chi connectivity index (χ0v) is 19.3. The third-order valence-corrected chi connectivity index (χ3v) is 6.96. The van der Waals surface area contributed by atoms with Crippen LogP contribution in [0.3, 0.4) is 0 Å². The van der Waals surface area contributed by atoms with Crippen molar-refractivity contribution >= 4 is 22.7 Å². The van der Waals surface area contributed by atoms with Gasteiger partial charge in [0.2, 0.25) is 5.91 Å². The summed E-state index contributed by atoms with van der Waals surface area (Å²) in [6.45, 7) is 0.278. The van der Waals surface area contributed by atoms with Crippen molar-refractivity contribution in [3.8, 4) is 5.82 Å². The Morgan fingerprint density at radius 3 is 2.60 bits per heavy atom. The first-order valence-corrected chi connectivity index (χ1v) is 12.1. The number of hydrogen-bond donors (Lipinski definition) is 1. The minimum atomic E-state index is -0.849. The number of para-hydroxylation sites is 1. The quantitative estimate of drug-likeness (QED) is 0.491. The Morgan fingerprint density at radius 2 is 1.77 bits per heavy atom. The van der Waals surface area contributed by atoms with Crippen molar-refractivity contribution in [3.63, 3.8) is 0 Å². The van der Waals surface area contributed by atoms with E-state index in [9.17, 15) is 9.59 Å². The molecule has 1 fully saturated rings. The Balaban J connectivity index is 1.52. The fourth-order valence-corrected chi connectivity index (χ4v) is 5.22. The highest BCUT2D eigenvalue weighted by molar-refractivity contribution is 5.99. The van der Waals surface area contributed by atoms with Crippen molar-refractivity contribution < 1.29 is 9.59 Å². The summed E-state index contributed by atoms with van der Waals surface area (Å²) >= 11 is 0. The van der Waals surface area contributed by atoms with Crippen molar-refractivity contribution in [1.82, 2.24) is 30.2 Å². The standard InChI is InChI=1S/C27H26N6O2/c34-26(29-20-12-5-2-6-13-20)24-21-15-19-11-7-8-14-22(19)30-25(21)33-23(16-28-31-33)27(35)32(24)17-18-9-3-1-4-10-18/h1,3-4,7-11,14-16,20,24H,2,5-6,12-13,17H2,(H,29,34). The largest absolute Gasteiger partial charge is 0.351 e. The second-order valence-electron chi connectivity index (χ2n) is 9.29. The molecule has 1 unspecified atom stereocenters. The molecule has 1 N–H and O–H groups in total. The number of pyridine rings is 1. The Kier molecular flexibility index (Phi) is 5.48. The van der Waals surface area contributed by atoms with Gasteiger partial charge in [-0.2, -0.15) is 4.68 Å². The van der Waals surface area contributed by atoms with Crippen LogP contribution in [0.2, 0.25) is 0 Å². The number of fused-ring (bicyclic) bond motifs is 4. The summed E-state index contributed by atoms with van der Waals surface area (Å²) in [5.74, 6) is -0.0215. The first-order chi connectivity index (χ1) is 17.2. The van der Waals surface area contributed by atoms with Crippen LogP contribution in [0.4, 0.5) is 0 Å². The van der Waals surface area contributed by atoms with Crippen molar-refractivity contribution in [3.05, 3.63) is 83.7 Å². The minimum Gasteiger partial charge on any atom is -0.351 e. The molecule has 1 atom stereocenters. The molecule has 8 nitrogen and oxygen atoms in total. The summed E-state index contributed by atoms with van der Waals surface area (Å²) in [6, 6.07) is 18.7. The van der Waals surface area contributed by atoms with Crippen LogP contribution >= 0.6 is 0 Å². The van der Waals surface area contributed by atoms with Crippen molar-refractivity contribution in [2.75, 3.05) is 0 Å². The first-order valence-electron chi connectivity index (χ1n) is 12.1. The van der Waals surface area contributed by atoms with Gasteiger partial charge in [0.05, 0.1) is 11.7 Å². The third kappa shape index (κ3) is 3.95. The molecule has 1 aliphatic carbocycles. The normalized spacial score (nSPS) is 18.1. The molecule has 0 saturated heterocycles. The van der Waals surface area contributed by atoms with Crippen molar-refractivity contribution in [1.29, 1.82) is 0 Å². The molecule has 176 valence electrons. The fraction of sp³-hybridized carbons (Fsp3) is 0.296. The fourth-order valence-electron chi connectivity index (χ4n) is 5.22. The van der Waals surface area contributed by atoms with Crippen LogP contribution < -0.4 is 5.32 Å². The number of nitrogens with zero attached hydrogens (tertiary/aromatic N) is 5. The molecular formula is C27H26N6O2. The van der Waals surface area contributed by atoms with Gasteiger partial charge in [-0.3, -0.25) is 9.59 Å². The second kappa shape index (κ2) is 8.94. The molecule has 4 aromatic rings. The lowest BCUT2D eigenvalue weighted by atomic mass is 9.94. The summed E-state index contributed by atoms with van der Waals surface area (Å²) < 4.78 is 1.47. The highest BCUT2D eigenvalue weighted by atomic mass is 16.2. The number of nitrogens with one attached hydrogen (secondary N) is 1. The predicted molar refractivity (Wildman–Crippen MR) is 131 cm³/mol. The molecule has 2 aromatic heterocycles. The SMILES string of the molecule is O=C(NC1CCCCC1)C1c2cc3ccccc3nc2-n2nncc2C(=O)N1Cc1ccccc1. The van der Waals surface area contributed by atoms with E-state index in [0.717, 1.165) is 42.1 Å². The van der Waals surface area contributed by atoms with Gasteiger partial charge < -0.3 is 10.2 Å². The molecule has 3 heterocycles. The lowest BCUT2D eigenvalue weighted by molar-refractivity contribution is -0.127. The highest BCUT2D eigenvalue weighted by Crippen LogP contribution is 2.35. The summed E-state index contributed by atoms with van der Waals surface area (Å²) in [7, 11) is 0. The lowest BCUT2D eigenvalue weighted by Gasteiger charge is -2.32. The van der Waals surface area contributed by atoms with Crippen LogP contribution in [-0.4, -0.2) is 42.7 Å². The van der Waals surface area contributed by atoms with E-state index in [4.69, 9.17) is 4.98 Å². The van der Waals surface area contributed by atoms with E-state index < -0.39 is 6.04 Å². The average Bonchev–Trinajstić information content (AvgIpc) is 3.35. The van der Waals surface area contributed by atoms with E-state index in [0.29, 0.717) is 11.4 Å². The van der Waals surface area contributed by atoms with E-state index in [1.807, 2.05) is 60.7 Å². The topological polar surface area (TPSA) is 93.0 Å². The molecule has 2 amide bonds. The molecule has 0 spiro atoms. The number of carbonyl (C=O) groups excluding carboxylic acids is 2. The molecule has 1 saturated carbocycles. The summed E-state index contributed by atoms with van der Waals surface area (Å²) in [5, 5.41) is 12.4. The van der Waals surface area contributed by atoms with Gasteiger partial charge in [-0.05, 0) is 30.5 Å². The number of amides is 2. The maximum atomic E-state index is 14.0. The van der Waals surface area contributed by atoms with Gasteiger partial charge >= 0.3 is 0 Å². The zero-order valence-electron chi connectivity index (χ0n) is 19.3. The predicted octanol–water partition coefficient (Wildman–Crippen LogP) is 3.96. The molecule has 0 bridgehead atoms. The third-order valence-electron chi connectivity index (χ3n) is 6.96. The van der Waals surface area contributed by atoms with Crippen LogP contribution in [0.5, 0.6) is 0 Å². The van der Waals surface area contributed by atoms with Gasteiger partial charge in [0, 0.05) is 23.5 Å². The number of benzene rings is 2. The molecule has 2 aromatic carbocycles. The molecule has 6 rings (SSSR count). The van der Waals surface area contributed by atoms with Gasteiger partial charge in [0.15, 0.2) is 11.5 Å². The monoisotopic (exact) mass is 466 g/mol. The maximum Gasteiger partial charge on any atom is 0.275 e. The number of hydrogen-bond acceptors (Lipinski definition) is 5. The smallest absolute Gasteiger partial charge is 0.275 e. The molecular weight excluding hydrogens is 440 g/mol. The molecule has 35 heavy (non-hydrogen) atoms. The highest BCUT2D eigenvalue weighted by Gasteiger charge is 2.40. The maximum absolute atomic E-state index is 14.0. The number of carbonyl (C=O) groups is 2. The minimum absolute atomic E-state index is 0.115. The van der Waals surface area contributed by atoms with E-state index >= 15 is 0 Å². The summed E-state index contributed by atoms with van der Waals surface area (Å²) in [4.78, 5) is 34.3. The van der Waals surface area contributed by atoms with Crippen LogP contribution in [-0.2, 0) is 11.3 Å². The molecule has 0 radical (unpaired) electrons. The molecule has 8 heteroatoms. The Labute approximate surface area is 203 Å². The lowest BCUT2D eigenvalue weighted by Crippen LogP contribution is -2.46. The van der Waals surface area contributed by atoms with E-state index in [1.54, 1.807) is 4.90 Å². The van der Waals surface area contributed by atoms with E-state index in [2.05, 4.69) is 15.6 Å². The number of aromatic nitrogens is 4. The second-order valence-corrected chi connectivity index (χ2v) is 9.29. The van der Waals surface area contributed by atoms with E-state index in [1.165, 1.54) is 17.3 Å². The summed E-state index contributed by atoms with van der Waals surface area (Å²) in [6.07, 6.45) is 6.76. The van der Waals surface area contributed by atoms with Gasteiger partial charge in [0.1, 0.15) is 6.04 Å². The van der Waals surface area contributed by atoms with Crippen LogP contribution in [0, 0.1) is 0 Å². The van der Waals surface area contributed by atoms with Gasteiger partial charge in [-0.25, -0.2) is 4.98 Å². The van der Waals surface area contributed by atoms with Crippen LogP contribution in [0.1, 0.15) is 59.8 Å². The van der Waals surface area contributed by atoms with Gasteiger partial charge in [0.25, 0.3) is 5.91 Å².